The highest BCUT2D eigenvalue weighted by atomic mass is 32.2. The number of benzene rings is 1. The highest BCUT2D eigenvalue weighted by Crippen LogP contribution is 2.26. The predicted octanol–water partition coefficient (Wildman–Crippen LogP) is 1.99. The minimum Gasteiger partial charge on any atom is -0.396 e. The number of hydrogen-bond donors (Lipinski definition) is 2. The van der Waals surface area contributed by atoms with Crippen molar-refractivity contribution in [2.45, 2.75) is 18.4 Å². The zero-order valence-electron chi connectivity index (χ0n) is 11.4. The third kappa shape index (κ3) is 3.27. The highest BCUT2D eigenvalue weighted by Gasteiger charge is 2.13. The molecule has 5 nitrogen and oxygen atoms in total. The molecule has 0 bridgehead atoms. The molecule has 3 N–H and O–H groups in total. The molecule has 6 heteroatoms. The number of para-hydroxylation sites is 1. The number of nitrogens with two attached hydrogens (primary N) is 1. The van der Waals surface area contributed by atoms with Crippen LogP contribution in [0.25, 0.3) is 0 Å². The van der Waals surface area contributed by atoms with Gasteiger partial charge in [-0.25, -0.2) is 8.42 Å². The highest BCUT2D eigenvalue weighted by molar-refractivity contribution is 7.90. The molecular weight excluding hydrogens is 274 g/mol. The van der Waals surface area contributed by atoms with Gasteiger partial charge < -0.3 is 11.1 Å². The Morgan fingerprint density at radius 3 is 2.60 bits per heavy atom. The number of aryl methyl sites for hydroxylation is 1. The van der Waals surface area contributed by atoms with Crippen molar-refractivity contribution in [1.29, 1.82) is 0 Å². The first-order chi connectivity index (χ1) is 9.38. The molecule has 0 saturated heterocycles. The molecule has 0 fully saturated rings. The van der Waals surface area contributed by atoms with Crippen LogP contribution in [0.3, 0.4) is 0 Å². The van der Waals surface area contributed by atoms with Gasteiger partial charge in [0.05, 0.1) is 16.3 Å². The molecule has 0 aliphatic rings. The number of anilines is 2. The number of nitrogens with one attached hydrogen (secondary N) is 1. The van der Waals surface area contributed by atoms with Crippen molar-refractivity contribution in [3.63, 3.8) is 0 Å². The average Bonchev–Trinajstić information content (AvgIpc) is 2.38. The van der Waals surface area contributed by atoms with Gasteiger partial charge in [-0.15, -0.1) is 0 Å². The second-order valence-corrected chi connectivity index (χ2v) is 6.64. The van der Waals surface area contributed by atoms with E-state index in [1.807, 2.05) is 19.1 Å². The summed E-state index contributed by atoms with van der Waals surface area (Å²) < 4.78 is 23.2. The molecule has 2 aromatic rings. The summed E-state index contributed by atoms with van der Waals surface area (Å²) >= 11 is 0. The van der Waals surface area contributed by atoms with Gasteiger partial charge in [-0.3, -0.25) is 4.98 Å². The van der Waals surface area contributed by atoms with Crippen LogP contribution in [-0.4, -0.2) is 19.7 Å². The number of pyridine rings is 1. The van der Waals surface area contributed by atoms with Crippen LogP contribution < -0.4 is 11.1 Å². The first kappa shape index (κ1) is 14.3. The van der Waals surface area contributed by atoms with E-state index in [9.17, 15) is 8.42 Å². The molecule has 106 valence electrons. The zero-order chi connectivity index (χ0) is 14.8. The second kappa shape index (κ2) is 5.50. The van der Waals surface area contributed by atoms with Crippen LogP contribution in [0.1, 0.15) is 11.3 Å². The Labute approximate surface area is 118 Å². The minimum absolute atomic E-state index is 0.143. The van der Waals surface area contributed by atoms with Gasteiger partial charge in [-0.1, -0.05) is 12.1 Å². The quantitative estimate of drug-likeness (QED) is 0.841. The number of nitrogen functional groups attached to an aromatic ring is 1. The van der Waals surface area contributed by atoms with Gasteiger partial charge in [0.1, 0.15) is 0 Å². The van der Waals surface area contributed by atoms with Gasteiger partial charge in [0.15, 0.2) is 9.84 Å². The SMILES string of the molecule is Cc1ccc(CNc2cccc(S(C)(=O)=O)c2N)cn1. The van der Waals surface area contributed by atoms with E-state index in [0.29, 0.717) is 12.2 Å². The van der Waals surface area contributed by atoms with Crippen molar-refractivity contribution in [2.75, 3.05) is 17.3 Å². The van der Waals surface area contributed by atoms with E-state index in [0.717, 1.165) is 17.5 Å². The summed E-state index contributed by atoms with van der Waals surface area (Å²) in [7, 11) is -3.32. The van der Waals surface area contributed by atoms with Crippen molar-refractivity contribution in [1.82, 2.24) is 4.98 Å². The molecule has 0 atom stereocenters. The minimum atomic E-state index is -3.32. The Hall–Kier alpha value is -2.08. The van der Waals surface area contributed by atoms with Gasteiger partial charge in [0, 0.05) is 24.7 Å². The predicted molar refractivity (Wildman–Crippen MR) is 80.3 cm³/mol. The number of sulfone groups is 1. The maximum atomic E-state index is 11.6. The Balaban J connectivity index is 2.20. The maximum Gasteiger partial charge on any atom is 0.177 e. The maximum absolute atomic E-state index is 11.6. The van der Waals surface area contributed by atoms with Crippen molar-refractivity contribution in [3.05, 3.63) is 47.8 Å². The Kier molecular flexibility index (Phi) is 3.94. The lowest BCUT2D eigenvalue weighted by molar-refractivity contribution is 0.602. The summed E-state index contributed by atoms with van der Waals surface area (Å²) in [6.45, 7) is 2.45. The Morgan fingerprint density at radius 1 is 1.25 bits per heavy atom. The summed E-state index contributed by atoms with van der Waals surface area (Å²) in [6, 6.07) is 8.82. The van der Waals surface area contributed by atoms with Gasteiger partial charge in [-0.2, -0.15) is 0 Å². The molecule has 0 spiro atoms. The number of nitrogens with zero attached hydrogens (tertiary/aromatic N) is 1. The summed E-state index contributed by atoms with van der Waals surface area (Å²) in [4.78, 5) is 4.35. The largest absolute Gasteiger partial charge is 0.396 e. The number of rotatable bonds is 4. The normalized spacial score (nSPS) is 11.3. The van der Waals surface area contributed by atoms with Crippen LogP contribution in [-0.2, 0) is 16.4 Å². The standard InChI is InChI=1S/C14H17N3O2S/c1-10-6-7-11(8-16-10)9-17-12-4-3-5-13(14(12)15)20(2,18)19/h3-8,17H,9,15H2,1-2H3. The molecule has 1 aromatic heterocycles. The lowest BCUT2D eigenvalue weighted by Crippen LogP contribution is -2.07. The summed E-state index contributed by atoms with van der Waals surface area (Å²) in [5.74, 6) is 0. The third-order valence-electron chi connectivity index (χ3n) is 2.92. The monoisotopic (exact) mass is 291 g/mol. The molecular formula is C14H17N3O2S. The van der Waals surface area contributed by atoms with Crippen LogP contribution in [0.15, 0.2) is 41.4 Å². The second-order valence-electron chi connectivity index (χ2n) is 4.65. The lowest BCUT2D eigenvalue weighted by Gasteiger charge is -2.12. The van der Waals surface area contributed by atoms with E-state index in [-0.39, 0.29) is 10.6 Å². The number of aromatic nitrogens is 1. The molecule has 0 saturated carbocycles. The smallest absolute Gasteiger partial charge is 0.177 e. The molecule has 0 amide bonds. The fraction of sp³-hybridized carbons (Fsp3) is 0.214. The molecule has 0 radical (unpaired) electrons. The van der Waals surface area contributed by atoms with E-state index in [2.05, 4.69) is 10.3 Å². The fourth-order valence-electron chi connectivity index (χ4n) is 1.82. The zero-order valence-corrected chi connectivity index (χ0v) is 12.2. The summed E-state index contributed by atoms with van der Waals surface area (Å²) in [5.41, 5.74) is 8.70. The fourth-order valence-corrected chi connectivity index (χ4v) is 2.66. The van der Waals surface area contributed by atoms with Crippen molar-refractivity contribution >= 4 is 21.2 Å². The van der Waals surface area contributed by atoms with Gasteiger partial charge in [0.25, 0.3) is 0 Å². The van der Waals surface area contributed by atoms with Crippen molar-refractivity contribution < 1.29 is 8.42 Å². The lowest BCUT2D eigenvalue weighted by atomic mass is 10.2. The van der Waals surface area contributed by atoms with E-state index in [1.165, 1.54) is 6.07 Å². The Morgan fingerprint density at radius 2 is 2.00 bits per heavy atom. The average molecular weight is 291 g/mol. The topological polar surface area (TPSA) is 85.1 Å². The first-order valence-corrected chi connectivity index (χ1v) is 8.01. The van der Waals surface area contributed by atoms with Crippen LogP contribution in [0.5, 0.6) is 0 Å². The number of hydrogen-bond acceptors (Lipinski definition) is 5. The molecule has 1 heterocycles. The van der Waals surface area contributed by atoms with Gasteiger partial charge in [0.2, 0.25) is 0 Å². The van der Waals surface area contributed by atoms with E-state index in [4.69, 9.17) is 5.73 Å². The van der Waals surface area contributed by atoms with Gasteiger partial charge >= 0.3 is 0 Å². The van der Waals surface area contributed by atoms with Crippen LogP contribution in [0, 0.1) is 6.92 Å². The molecule has 20 heavy (non-hydrogen) atoms. The van der Waals surface area contributed by atoms with Gasteiger partial charge in [-0.05, 0) is 30.7 Å². The molecule has 0 aliphatic heterocycles. The molecule has 0 unspecified atom stereocenters. The van der Waals surface area contributed by atoms with E-state index < -0.39 is 9.84 Å². The van der Waals surface area contributed by atoms with Crippen LogP contribution in [0.2, 0.25) is 0 Å². The summed E-state index contributed by atoms with van der Waals surface area (Å²) in [5, 5.41) is 3.13. The van der Waals surface area contributed by atoms with Crippen LogP contribution in [0.4, 0.5) is 11.4 Å². The van der Waals surface area contributed by atoms with Crippen molar-refractivity contribution in [2.24, 2.45) is 0 Å². The first-order valence-electron chi connectivity index (χ1n) is 6.12. The Bertz CT molecular complexity index is 710. The van der Waals surface area contributed by atoms with Crippen LogP contribution >= 0.6 is 0 Å². The van der Waals surface area contributed by atoms with Crippen molar-refractivity contribution in [3.8, 4) is 0 Å². The molecule has 1 aromatic carbocycles. The van der Waals surface area contributed by atoms with E-state index in [1.54, 1.807) is 18.3 Å². The third-order valence-corrected chi connectivity index (χ3v) is 4.08. The molecule has 2 rings (SSSR count). The van der Waals surface area contributed by atoms with E-state index >= 15 is 0 Å². The molecule has 0 aliphatic carbocycles. The summed E-state index contributed by atoms with van der Waals surface area (Å²) in [6.07, 6.45) is 2.92.